The summed E-state index contributed by atoms with van der Waals surface area (Å²) in [6.45, 7) is 4.73. The molecule has 0 saturated carbocycles. The number of thioether (sulfide) groups is 1. The Labute approximate surface area is 147 Å². The molecule has 0 aromatic heterocycles. The largest absolute Gasteiger partial charge is 0.493 e. The maximum absolute atomic E-state index is 5.56. The zero-order valence-corrected chi connectivity index (χ0v) is 15.8. The Morgan fingerprint density at radius 2 is 1.70 bits per heavy atom. The number of hydrogen-bond acceptors (Lipinski definition) is 6. The molecule has 1 aromatic rings. The van der Waals surface area contributed by atoms with Crippen molar-refractivity contribution in [2.24, 2.45) is 0 Å². The Kier molecular flexibility index (Phi) is 6.80. The number of methoxy groups -OCH3 is 3. The third kappa shape index (κ3) is 4.22. The van der Waals surface area contributed by atoms with E-state index in [1.54, 1.807) is 33.1 Å². The Hall–Kier alpha value is -1.18. The number of ether oxygens (including phenoxy) is 3. The summed E-state index contributed by atoms with van der Waals surface area (Å²) in [7, 11) is 4.92. The van der Waals surface area contributed by atoms with Crippen LogP contribution in [0, 0.1) is 0 Å². The average molecular weight is 357 g/mol. The molecule has 1 saturated heterocycles. The molecule has 128 valence electrons. The third-order valence-corrected chi connectivity index (χ3v) is 5.35. The first-order valence-corrected chi connectivity index (χ1v) is 9.11. The highest BCUT2D eigenvalue weighted by atomic mass is 32.2. The van der Waals surface area contributed by atoms with Gasteiger partial charge in [-0.15, -0.1) is 11.8 Å². The van der Waals surface area contributed by atoms with Crippen molar-refractivity contribution in [2.75, 3.05) is 53.8 Å². The standard InChI is InChI=1S/C16H24N2O3S2/c1-19-13-6-5-12(14(20-2)15(13)21-3)11-17-7-9-18(10-8-17)16(22)23-4/h5-6H,7-11H2,1-4H3. The van der Waals surface area contributed by atoms with E-state index in [4.69, 9.17) is 26.4 Å². The van der Waals surface area contributed by atoms with E-state index in [0.29, 0.717) is 11.5 Å². The second kappa shape index (κ2) is 8.61. The van der Waals surface area contributed by atoms with Crippen molar-refractivity contribution in [3.05, 3.63) is 17.7 Å². The summed E-state index contributed by atoms with van der Waals surface area (Å²) in [6, 6.07) is 3.97. The summed E-state index contributed by atoms with van der Waals surface area (Å²) in [6.07, 6.45) is 2.03. The summed E-state index contributed by atoms with van der Waals surface area (Å²) >= 11 is 7.00. The molecule has 7 heteroatoms. The molecule has 0 bridgehead atoms. The predicted molar refractivity (Wildman–Crippen MR) is 99.1 cm³/mol. The molecule has 5 nitrogen and oxygen atoms in total. The van der Waals surface area contributed by atoms with Gasteiger partial charge in [0.05, 0.1) is 21.3 Å². The van der Waals surface area contributed by atoms with E-state index >= 15 is 0 Å². The van der Waals surface area contributed by atoms with Gasteiger partial charge in [0.1, 0.15) is 4.32 Å². The van der Waals surface area contributed by atoms with E-state index < -0.39 is 0 Å². The lowest BCUT2D eigenvalue weighted by atomic mass is 10.1. The van der Waals surface area contributed by atoms with Crippen molar-refractivity contribution in [2.45, 2.75) is 6.54 Å². The molecule has 0 aliphatic carbocycles. The number of nitrogens with zero attached hydrogens (tertiary/aromatic N) is 2. The Bertz CT molecular complexity index is 546. The molecule has 0 N–H and O–H groups in total. The summed E-state index contributed by atoms with van der Waals surface area (Å²) < 4.78 is 17.3. The quantitative estimate of drug-likeness (QED) is 0.750. The molecular formula is C16H24N2O3S2. The average Bonchev–Trinajstić information content (AvgIpc) is 2.61. The fraction of sp³-hybridized carbons (Fsp3) is 0.562. The van der Waals surface area contributed by atoms with Gasteiger partial charge in [0.15, 0.2) is 11.5 Å². The summed E-state index contributed by atoms with van der Waals surface area (Å²) in [5, 5.41) is 0. The normalized spacial score (nSPS) is 15.4. The minimum atomic E-state index is 0.648. The molecule has 1 aliphatic heterocycles. The van der Waals surface area contributed by atoms with Crippen LogP contribution in [0.5, 0.6) is 17.2 Å². The maximum Gasteiger partial charge on any atom is 0.203 e. The number of benzene rings is 1. The van der Waals surface area contributed by atoms with Gasteiger partial charge < -0.3 is 19.1 Å². The van der Waals surface area contributed by atoms with Gasteiger partial charge in [0.25, 0.3) is 0 Å². The number of rotatable bonds is 5. The molecular weight excluding hydrogens is 332 g/mol. The van der Waals surface area contributed by atoms with Crippen LogP contribution in [-0.4, -0.2) is 67.9 Å². The smallest absolute Gasteiger partial charge is 0.203 e. The Morgan fingerprint density at radius 1 is 1.04 bits per heavy atom. The molecule has 0 spiro atoms. The molecule has 23 heavy (non-hydrogen) atoms. The molecule has 1 aromatic carbocycles. The first-order valence-electron chi connectivity index (χ1n) is 7.47. The van der Waals surface area contributed by atoms with Crippen molar-refractivity contribution in [3.8, 4) is 17.2 Å². The Balaban J connectivity index is 2.08. The first kappa shape index (κ1) is 18.2. The zero-order chi connectivity index (χ0) is 16.8. The fourth-order valence-electron chi connectivity index (χ4n) is 2.75. The topological polar surface area (TPSA) is 34.2 Å². The molecule has 2 rings (SSSR count). The minimum absolute atomic E-state index is 0.648. The third-order valence-electron chi connectivity index (χ3n) is 3.98. The molecule has 0 atom stereocenters. The van der Waals surface area contributed by atoms with Crippen molar-refractivity contribution in [1.82, 2.24) is 9.80 Å². The highest BCUT2D eigenvalue weighted by molar-refractivity contribution is 8.22. The van der Waals surface area contributed by atoms with Crippen LogP contribution in [0.2, 0.25) is 0 Å². The van der Waals surface area contributed by atoms with E-state index in [1.807, 2.05) is 18.4 Å². The van der Waals surface area contributed by atoms with Gasteiger partial charge in [-0.2, -0.15) is 0 Å². The van der Waals surface area contributed by atoms with E-state index in [-0.39, 0.29) is 0 Å². The lowest BCUT2D eigenvalue weighted by Crippen LogP contribution is -2.47. The van der Waals surface area contributed by atoms with Crippen LogP contribution in [0.1, 0.15) is 5.56 Å². The van der Waals surface area contributed by atoms with Gasteiger partial charge in [0, 0.05) is 38.3 Å². The van der Waals surface area contributed by atoms with E-state index in [2.05, 4.69) is 9.80 Å². The zero-order valence-electron chi connectivity index (χ0n) is 14.1. The Morgan fingerprint density at radius 3 is 2.22 bits per heavy atom. The second-order valence-corrected chi connectivity index (χ2v) is 6.67. The van der Waals surface area contributed by atoms with Gasteiger partial charge in [-0.1, -0.05) is 18.3 Å². The van der Waals surface area contributed by atoms with Crippen LogP contribution in [0.25, 0.3) is 0 Å². The molecule has 0 radical (unpaired) electrons. The van der Waals surface area contributed by atoms with Crippen LogP contribution in [0.3, 0.4) is 0 Å². The van der Waals surface area contributed by atoms with Gasteiger partial charge in [-0.25, -0.2) is 0 Å². The van der Waals surface area contributed by atoms with Crippen molar-refractivity contribution in [3.63, 3.8) is 0 Å². The molecule has 1 fully saturated rings. The highest BCUT2D eigenvalue weighted by Gasteiger charge is 2.22. The monoisotopic (exact) mass is 356 g/mol. The molecule has 1 heterocycles. The van der Waals surface area contributed by atoms with Gasteiger partial charge in [0.2, 0.25) is 5.75 Å². The van der Waals surface area contributed by atoms with Gasteiger partial charge >= 0.3 is 0 Å². The molecule has 1 aliphatic rings. The maximum atomic E-state index is 5.56. The molecule has 0 unspecified atom stereocenters. The number of hydrogen-bond donors (Lipinski definition) is 0. The highest BCUT2D eigenvalue weighted by Crippen LogP contribution is 2.40. The van der Waals surface area contributed by atoms with Crippen molar-refractivity contribution < 1.29 is 14.2 Å². The first-order chi connectivity index (χ1) is 11.1. The lowest BCUT2D eigenvalue weighted by molar-refractivity contribution is 0.177. The summed E-state index contributed by atoms with van der Waals surface area (Å²) in [5.74, 6) is 2.08. The second-order valence-electron chi connectivity index (χ2n) is 5.23. The number of thiocarbonyl (C=S) groups is 1. The van der Waals surface area contributed by atoms with E-state index in [1.165, 1.54) is 0 Å². The van der Waals surface area contributed by atoms with Gasteiger partial charge in [-0.3, -0.25) is 4.90 Å². The van der Waals surface area contributed by atoms with E-state index in [0.717, 1.165) is 48.4 Å². The summed E-state index contributed by atoms with van der Waals surface area (Å²) in [4.78, 5) is 4.67. The van der Waals surface area contributed by atoms with Crippen LogP contribution in [0.4, 0.5) is 0 Å². The van der Waals surface area contributed by atoms with Crippen LogP contribution in [0.15, 0.2) is 12.1 Å². The van der Waals surface area contributed by atoms with Crippen molar-refractivity contribution in [1.29, 1.82) is 0 Å². The van der Waals surface area contributed by atoms with Crippen LogP contribution in [-0.2, 0) is 6.54 Å². The fourth-order valence-corrected chi connectivity index (χ4v) is 3.37. The lowest BCUT2D eigenvalue weighted by Gasteiger charge is -2.35. The van der Waals surface area contributed by atoms with Crippen LogP contribution < -0.4 is 14.2 Å². The molecule has 0 amide bonds. The number of piperazine rings is 1. The van der Waals surface area contributed by atoms with E-state index in [9.17, 15) is 0 Å². The van der Waals surface area contributed by atoms with Gasteiger partial charge in [-0.05, 0) is 12.3 Å². The minimum Gasteiger partial charge on any atom is -0.493 e. The van der Waals surface area contributed by atoms with Crippen molar-refractivity contribution >= 4 is 28.3 Å². The summed E-state index contributed by atoms with van der Waals surface area (Å²) in [5.41, 5.74) is 1.10. The van der Waals surface area contributed by atoms with Crippen LogP contribution >= 0.6 is 24.0 Å². The SMILES string of the molecule is COc1ccc(CN2CCN(C(=S)SC)CC2)c(OC)c1OC. The predicted octanol–water partition coefficient (Wildman–Crippen LogP) is 2.48.